The van der Waals surface area contributed by atoms with Crippen LogP contribution in [-0.4, -0.2) is 81.1 Å². The van der Waals surface area contributed by atoms with Gasteiger partial charge in [0.2, 0.25) is 0 Å². The molecule has 2 heterocycles. The molecule has 1 aromatic rings. The highest BCUT2D eigenvalue weighted by Gasteiger charge is 2.28. The van der Waals surface area contributed by atoms with E-state index in [1.54, 1.807) is 0 Å². The Morgan fingerprint density at radius 1 is 1.24 bits per heavy atom. The second kappa shape index (κ2) is 11.5. The molecule has 0 bridgehead atoms. The smallest absolute Gasteiger partial charge is 0.321 e. The zero-order valence-electron chi connectivity index (χ0n) is 17.8. The number of hydrogen-bond donors (Lipinski definition) is 1. The summed E-state index contributed by atoms with van der Waals surface area (Å²) in [4.78, 5) is 17.0. The maximum Gasteiger partial charge on any atom is 0.321 e. The summed E-state index contributed by atoms with van der Waals surface area (Å²) in [5.74, 6) is 0.548. The average molecular weight is 406 g/mol. The van der Waals surface area contributed by atoms with Gasteiger partial charge in [0.15, 0.2) is 0 Å². The first kappa shape index (κ1) is 22.0. The predicted octanol–water partition coefficient (Wildman–Crippen LogP) is 2.81. The third-order valence-corrected chi connectivity index (χ3v) is 5.32. The van der Waals surface area contributed by atoms with Gasteiger partial charge in [-0.15, -0.1) is 0 Å². The van der Waals surface area contributed by atoms with Gasteiger partial charge in [-0.1, -0.05) is 12.1 Å². The van der Waals surface area contributed by atoms with Crippen molar-refractivity contribution in [1.29, 1.82) is 0 Å². The molecule has 29 heavy (non-hydrogen) atoms. The lowest BCUT2D eigenvalue weighted by Crippen LogP contribution is -2.40. The highest BCUT2D eigenvalue weighted by atomic mass is 16.5. The van der Waals surface area contributed by atoms with Crippen LogP contribution in [0.4, 0.5) is 10.5 Å². The molecule has 7 heteroatoms. The van der Waals surface area contributed by atoms with Crippen molar-refractivity contribution >= 4 is 11.7 Å². The second-order valence-corrected chi connectivity index (χ2v) is 8.12. The van der Waals surface area contributed by atoms with E-state index < -0.39 is 0 Å². The van der Waals surface area contributed by atoms with Crippen molar-refractivity contribution < 1.29 is 19.0 Å². The van der Waals surface area contributed by atoms with Gasteiger partial charge < -0.3 is 24.4 Å². The van der Waals surface area contributed by atoms with E-state index in [2.05, 4.69) is 10.2 Å². The van der Waals surface area contributed by atoms with Crippen molar-refractivity contribution in [3.05, 3.63) is 29.8 Å². The van der Waals surface area contributed by atoms with Gasteiger partial charge in [-0.05, 0) is 43.9 Å². The molecule has 1 atom stereocenters. The molecular formula is C22H35N3O4. The zero-order valence-corrected chi connectivity index (χ0v) is 17.8. The maximum atomic E-state index is 12.7. The largest absolute Gasteiger partial charge is 0.379 e. The van der Waals surface area contributed by atoms with Gasteiger partial charge in [0.05, 0.1) is 39.1 Å². The molecule has 0 aromatic heterocycles. The van der Waals surface area contributed by atoms with E-state index in [1.165, 1.54) is 0 Å². The van der Waals surface area contributed by atoms with Gasteiger partial charge in [0, 0.05) is 38.4 Å². The molecule has 0 saturated carbocycles. The van der Waals surface area contributed by atoms with E-state index in [1.807, 2.05) is 43.0 Å². The van der Waals surface area contributed by atoms with Gasteiger partial charge in [-0.3, -0.25) is 4.90 Å². The SMILES string of the molecule is CC(C)OCCOCc1cccc(NC(=O)N2CC[C@H](CN3CCOCC3)C2)c1. The molecule has 2 amide bonds. The fourth-order valence-electron chi connectivity index (χ4n) is 3.79. The molecule has 2 aliphatic rings. The topological polar surface area (TPSA) is 63.3 Å². The number of rotatable bonds is 9. The third kappa shape index (κ3) is 7.59. The zero-order chi connectivity index (χ0) is 20.5. The standard InChI is InChI=1S/C22H35N3O4/c1-18(2)29-13-12-28-17-19-4-3-5-21(14-19)23-22(26)25-7-6-20(16-25)15-24-8-10-27-11-9-24/h3-5,14,18,20H,6-13,15-17H2,1-2H3,(H,23,26)/t20-/m1/s1. The highest BCUT2D eigenvalue weighted by Crippen LogP contribution is 2.20. The first-order valence-electron chi connectivity index (χ1n) is 10.7. The van der Waals surface area contributed by atoms with Gasteiger partial charge in [-0.2, -0.15) is 0 Å². The molecule has 0 spiro atoms. The third-order valence-electron chi connectivity index (χ3n) is 5.32. The highest BCUT2D eigenvalue weighted by molar-refractivity contribution is 5.89. The number of carbonyl (C=O) groups is 1. The predicted molar refractivity (Wildman–Crippen MR) is 113 cm³/mol. The van der Waals surface area contributed by atoms with E-state index in [0.717, 1.165) is 63.6 Å². The summed E-state index contributed by atoms with van der Waals surface area (Å²) < 4.78 is 16.5. The number of likely N-dealkylation sites (tertiary alicyclic amines) is 1. The first-order chi connectivity index (χ1) is 14.1. The Labute approximate surface area is 174 Å². The van der Waals surface area contributed by atoms with Crippen LogP contribution in [-0.2, 0) is 20.8 Å². The van der Waals surface area contributed by atoms with Crippen LogP contribution in [0.2, 0.25) is 0 Å². The van der Waals surface area contributed by atoms with E-state index in [0.29, 0.717) is 25.7 Å². The van der Waals surface area contributed by atoms with Crippen molar-refractivity contribution in [3.63, 3.8) is 0 Å². The second-order valence-electron chi connectivity index (χ2n) is 8.12. The number of carbonyl (C=O) groups excluding carboxylic acids is 1. The van der Waals surface area contributed by atoms with Crippen LogP contribution in [0.3, 0.4) is 0 Å². The Hall–Kier alpha value is -1.67. The molecule has 2 saturated heterocycles. The summed E-state index contributed by atoms with van der Waals surface area (Å²) in [6.07, 6.45) is 1.29. The minimum atomic E-state index is -0.0159. The summed E-state index contributed by atoms with van der Waals surface area (Å²) >= 11 is 0. The summed E-state index contributed by atoms with van der Waals surface area (Å²) in [6, 6.07) is 7.84. The molecule has 7 nitrogen and oxygen atoms in total. The first-order valence-corrected chi connectivity index (χ1v) is 10.7. The van der Waals surface area contributed by atoms with Gasteiger partial charge in [0.1, 0.15) is 0 Å². The lowest BCUT2D eigenvalue weighted by Gasteiger charge is -2.29. The lowest BCUT2D eigenvalue weighted by atomic mass is 10.1. The van der Waals surface area contributed by atoms with Crippen LogP contribution in [0.5, 0.6) is 0 Å². The number of urea groups is 1. The summed E-state index contributed by atoms with van der Waals surface area (Å²) in [7, 11) is 0. The van der Waals surface area contributed by atoms with Crippen molar-refractivity contribution in [1.82, 2.24) is 9.80 Å². The summed E-state index contributed by atoms with van der Waals surface area (Å²) in [5, 5.41) is 3.04. The van der Waals surface area contributed by atoms with Crippen molar-refractivity contribution in [2.24, 2.45) is 5.92 Å². The molecule has 2 aliphatic heterocycles. The van der Waals surface area contributed by atoms with Crippen LogP contribution in [0.25, 0.3) is 0 Å². The monoisotopic (exact) mass is 405 g/mol. The number of morpholine rings is 1. The average Bonchev–Trinajstić information content (AvgIpc) is 3.17. The van der Waals surface area contributed by atoms with Crippen LogP contribution < -0.4 is 5.32 Å². The molecule has 3 rings (SSSR count). The van der Waals surface area contributed by atoms with Gasteiger partial charge in [-0.25, -0.2) is 4.79 Å². The Morgan fingerprint density at radius 3 is 2.86 bits per heavy atom. The molecule has 1 aromatic carbocycles. The summed E-state index contributed by atoms with van der Waals surface area (Å²) in [5.41, 5.74) is 1.85. The fourth-order valence-corrected chi connectivity index (χ4v) is 3.79. The maximum absolute atomic E-state index is 12.7. The van der Waals surface area contributed by atoms with E-state index in [9.17, 15) is 4.79 Å². The molecule has 1 N–H and O–H groups in total. The van der Waals surface area contributed by atoms with Gasteiger partial charge >= 0.3 is 6.03 Å². The van der Waals surface area contributed by atoms with Gasteiger partial charge in [0.25, 0.3) is 0 Å². The Balaban J connectivity index is 1.39. The normalized spacial score (nSPS) is 20.4. The van der Waals surface area contributed by atoms with E-state index in [4.69, 9.17) is 14.2 Å². The molecule has 2 fully saturated rings. The molecule has 0 aliphatic carbocycles. The van der Waals surface area contributed by atoms with Crippen LogP contribution in [0.15, 0.2) is 24.3 Å². The Kier molecular flexibility index (Phi) is 8.73. The van der Waals surface area contributed by atoms with Crippen molar-refractivity contribution in [3.8, 4) is 0 Å². The minimum absolute atomic E-state index is 0.0159. The number of ether oxygens (including phenoxy) is 3. The van der Waals surface area contributed by atoms with E-state index >= 15 is 0 Å². The van der Waals surface area contributed by atoms with E-state index in [-0.39, 0.29) is 12.1 Å². The Bertz CT molecular complexity index is 634. The Morgan fingerprint density at radius 2 is 2.07 bits per heavy atom. The van der Waals surface area contributed by atoms with Crippen LogP contribution in [0.1, 0.15) is 25.8 Å². The number of hydrogen-bond acceptors (Lipinski definition) is 5. The molecule has 0 unspecified atom stereocenters. The molecule has 0 radical (unpaired) electrons. The molecule has 162 valence electrons. The number of nitrogens with one attached hydrogen (secondary N) is 1. The van der Waals surface area contributed by atoms with Crippen LogP contribution >= 0.6 is 0 Å². The van der Waals surface area contributed by atoms with Crippen LogP contribution in [0, 0.1) is 5.92 Å². The van der Waals surface area contributed by atoms with Crippen molar-refractivity contribution in [2.45, 2.75) is 33.0 Å². The minimum Gasteiger partial charge on any atom is -0.379 e. The number of anilines is 1. The number of amides is 2. The summed E-state index contributed by atoms with van der Waals surface area (Å²) in [6.45, 7) is 12.0. The number of nitrogens with zero attached hydrogens (tertiary/aromatic N) is 2. The number of benzene rings is 1. The lowest BCUT2D eigenvalue weighted by molar-refractivity contribution is 0.0143. The molecular weight excluding hydrogens is 370 g/mol. The quantitative estimate of drug-likeness (QED) is 0.640. The van der Waals surface area contributed by atoms with Crippen molar-refractivity contribution in [2.75, 3.05) is 64.5 Å². The fraction of sp³-hybridized carbons (Fsp3) is 0.682.